The van der Waals surface area contributed by atoms with Gasteiger partial charge >= 0.3 is 0 Å². The van der Waals surface area contributed by atoms with Crippen molar-refractivity contribution in [1.29, 1.82) is 5.26 Å². The predicted molar refractivity (Wildman–Crippen MR) is 114 cm³/mol. The summed E-state index contributed by atoms with van der Waals surface area (Å²) < 4.78 is 32.4. The van der Waals surface area contributed by atoms with Crippen LogP contribution in [0.25, 0.3) is 0 Å². The molecule has 30 heavy (non-hydrogen) atoms. The highest BCUT2D eigenvalue weighted by Crippen LogP contribution is 2.39. The predicted octanol–water partition coefficient (Wildman–Crippen LogP) is 3.02. The summed E-state index contributed by atoms with van der Waals surface area (Å²) >= 11 is 1.45. The van der Waals surface area contributed by atoms with E-state index in [4.69, 9.17) is 4.74 Å². The van der Waals surface area contributed by atoms with Crippen LogP contribution in [0.3, 0.4) is 0 Å². The number of fused-ring (bicyclic) bond motifs is 1. The lowest BCUT2D eigenvalue weighted by Gasteiger charge is -2.26. The maximum atomic E-state index is 12.9. The number of nitrogens with zero attached hydrogens (tertiary/aromatic N) is 2. The minimum Gasteiger partial charge on any atom is -0.379 e. The lowest BCUT2D eigenvalue weighted by molar-refractivity contribution is 0.0730. The normalized spacial score (nSPS) is 19.7. The maximum absolute atomic E-state index is 12.9. The van der Waals surface area contributed by atoms with Crippen LogP contribution in [0.15, 0.2) is 29.2 Å². The summed E-state index contributed by atoms with van der Waals surface area (Å²) in [5.41, 5.74) is 1.82. The highest BCUT2D eigenvalue weighted by molar-refractivity contribution is 7.89. The Hall–Kier alpha value is -2.25. The molecule has 1 aliphatic carbocycles. The van der Waals surface area contributed by atoms with E-state index in [2.05, 4.69) is 18.3 Å². The standard InChI is InChI=1S/C21H23N3O4S2/c1-14-5-6-17-18(13-22)21(29-19(17)11-14)23-20(25)15-3-2-4-16(12-15)30(26,27)24-7-9-28-10-8-24/h2-4,12,14H,5-11H2,1H3,(H,23,25). The van der Waals surface area contributed by atoms with Crippen LogP contribution in [0, 0.1) is 17.2 Å². The van der Waals surface area contributed by atoms with Crippen LogP contribution in [0.1, 0.15) is 39.7 Å². The van der Waals surface area contributed by atoms with Gasteiger partial charge in [-0.1, -0.05) is 13.0 Å². The van der Waals surface area contributed by atoms with Gasteiger partial charge in [0.25, 0.3) is 5.91 Å². The fourth-order valence-electron chi connectivity index (χ4n) is 3.87. The Morgan fingerprint density at radius 1 is 1.33 bits per heavy atom. The fraction of sp³-hybridized carbons (Fsp3) is 0.429. The molecule has 1 N–H and O–H groups in total. The number of ether oxygens (including phenoxy) is 1. The zero-order valence-electron chi connectivity index (χ0n) is 16.7. The molecule has 0 bridgehead atoms. The van der Waals surface area contributed by atoms with Crippen LogP contribution < -0.4 is 5.32 Å². The van der Waals surface area contributed by atoms with E-state index in [0.29, 0.717) is 42.8 Å². The third kappa shape index (κ3) is 4.01. The number of amides is 1. The van der Waals surface area contributed by atoms with Crippen LogP contribution in [0.5, 0.6) is 0 Å². The van der Waals surface area contributed by atoms with Crippen molar-refractivity contribution in [3.63, 3.8) is 0 Å². The van der Waals surface area contributed by atoms with Gasteiger partial charge in [-0.2, -0.15) is 9.57 Å². The number of rotatable bonds is 4. The first-order chi connectivity index (χ1) is 14.4. The molecule has 1 saturated heterocycles. The van der Waals surface area contributed by atoms with E-state index in [1.807, 2.05) is 0 Å². The molecule has 9 heteroatoms. The van der Waals surface area contributed by atoms with Crippen molar-refractivity contribution >= 4 is 32.3 Å². The molecule has 0 spiro atoms. The van der Waals surface area contributed by atoms with Crippen molar-refractivity contribution in [3.8, 4) is 6.07 Å². The van der Waals surface area contributed by atoms with Crippen LogP contribution >= 0.6 is 11.3 Å². The summed E-state index contributed by atoms with van der Waals surface area (Å²) in [6, 6.07) is 8.26. The van der Waals surface area contributed by atoms with Gasteiger partial charge in [0.05, 0.1) is 23.7 Å². The number of morpholine rings is 1. The van der Waals surface area contributed by atoms with Gasteiger partial charge in [0, 0.05) is 23.5 Å². The van der Waals surface area contributed by atoms with E-state index >= 15 is 0 Å². The van der Waals surface area contributed by atoms with Gasteiger partial charge in [-0.3, -0.25) is 4.79 Å². The summed E-state index contributed by atoms with van der Waals surface area (Å²) in [5, 5.41) is 13.0. The first-order valence-electron chi connectivity index (χ1n) is 9.94. The molecule has 1 aromatic carbocycles. The molecule has 1 atom stereocenters. The molecule has 7 nitrogen and oxygen atoms in total. The van der Waals surface area contributed by atoms with Gasteiger partial charge in [0.2, 0.25) is 10.0 Å². The average Bonchev–Trinajstić information content (AvgIpc) is 3.10. The second kappa shape index (κ2) is 8.47. The quantitative estimate of drug-likeness (QED) is 0.780. The van der Waals surface area contributed by atoms with Crippen molar-refractivity contribution < 1.29 is 17.9 Å². The molecule has 1 fully saturated rings. The Bertz CT molecular complexity index is 1110. The Balaban J connectivity index is 1.58. The first kappa shape index (κ1) is 21.0. The Kier molecular flexibility index (Phi) is 5.93. The molecular weight excluding hydrogens is 422 g/mol. The Morgan fingerprint density at radius 3 is 2.83 bits per heavy atom. The zero-order valence-corrected chi connectivity index (χ0v) is 18.3. The van der Waals surface area contributed by atoms with Crippen molar-refractivity contribution in [2.24, 2.45) is 5.92 Å². The number of nitrogens with one attached hydrogen (secondary N) is 1. The molecule has 0 radical (unpaired) electrons. The van der Waals surface area contributed by atoms with Crippen LogP contribution in [0.4, 0.5) is 5.00 Å². The SMILES string of the molecule is CC1CCc2c(sc(NC(=O)c3cccc(S(=O)(=O)N4CCOCC4)c3)c2C#N)C1. The number of carbonyl (C=O) groups is 1. The highest BCUT2D eigenvalue weighted by atomic mass is 32.2. The lowest BCUT2D eigenvalue weighted by atomic mass is 9.88. The van der Waals surface area contributed by atoms with Gasteiger partial charge in [-0.05, 0) is 48.9 Å². The summed E-state index contributed by atoms with van der Waals surface area (Å²) in [6.07, 6.45) is 2.80. The number of thiophene rings is 1. The van der Waals surface area contributed by atoms with Crippen LogP contribution in [-0.4, -0.2) is 44.9 Å². The molecule has 1 aromatic heterocycles. The van der Waals surface area contributed by atoms with E-state index in [-0.39, 0.29) is 10.5 Å². The second-order valence-electron chi connectivity index (χ2n) is 7.67. The molecule has 1 amide bonds. The van der Waals surface area contributed by atoms with Crippen molar-refractivity contribution in [2.45, 2.75) is 31.1 Å². The molecule has 2 aliphatic rings. The molecule has 1 unspecified atom stereocenters. The van der Waals surface area contributed by atoms with E-state index in [1.54, 1.807) is 12.1 Å². The zero-order chi connectivity index (χ0) is 21.3. The average molecular weight is 446 g/mol. The fourth-order valence-corrected chi connectivity index (χ4v) is 6.68. The number of nitriles is 1. The number of hydrogen-bond acceptors (Lipinski definition) is 6. The summed E-state index contributed by atoms with van der Waals surface area (Å²) in [4.78, 5) is 14.1. The van der Waals surface area contributed by atoms with E-state index in [0.717, 1.165) is 29.7 Å². The summed E-state index contributed by atoms with van der Waals surface area (Å²) in [5.74, 6) is 0.144. The van der Waals surface area contributed by atoms with Gasteiger partial charge in [-0.25, -0.2) is 8.42 Å². The minimum absolute atomic E-state index is 0.0804. The monoisotopic (exact) mass is 445 g/mol. The van der Waals surface area contributed by atoms with Gasteiger partial charge in [0.1, 0.15) is 11.1 Å². The number of carbonyl (C=O) groups excluding carboxylic acids is 1. The number of sulfonamides is 1. The highest BCUT2D eigenvalue weighted by Gasteiger charge is 2.28. The largest absolute Gasteiger partial charge is 0.379 e. The molecular formula is C21H23N3O4S2. The number of hydrogen-bond donors (Lipinski definition) is 1. The summed E-state index contributed by atoms with van der Waals surface area (Å²) in [6.45, 7) is 3.50. The van der Waals surface area contributed by atoms with Crippen molar-refractivity contribution in [1.82, 2.24) is 4.31 Å². The Morgan fingerprint density at radius 2 is 2.10 bits per heavy atom. The van der Waals surface area contributed by atoms with Crippen molar-refractivity contribution in [2.75, 3.05) is 31.6 Å². The maximum Gasteiger partial charge on any atom is 0.256 e. The second-order valence-corrected chi connectivity index (χ2v) is 10.7. The van der Waals surface area contributed by atoms with Crippen LogP contribution in [0.2, 0.25) is 0 Å². The number of anilines is 1. The van der Waals surface area contributed by atoms with E-state index in [9.17, 15) is 18.5 Å². The van der Waals surface area contributed by atoms with E-state index in [1.165, 1.54) is 27.8 Å². The first-order valence-corrected chi connectivity index (χ1v) is 12.2. The molecule has 4 rings (SSSR count). The van der Waals surface area contributed by atoms with Gasteiger partial charge < -0.3 is 10.1 Å². The topological polar surface area (TPSA) is 99.5 Å². The molecule has 0 saturated carbocycles. The minimum atomic E-state index is -3.69. The van der Waals surface area contributed by atoms with Crippen LogP contribution in [-0.2, 0) is 27.6 Å². The number of benzene rings is 1. The molecule has 2 aromatic rings. The van der Waals surface area contributed by atoms with Gasteiger partial charge in [-0.15, -0.1) is 11.3 Å². The summed E-state index contributed by atoms with van der Waals surface area (Å²) in [7, 11) is -3.69. The lowest BCUT2D eigenvalue weighted by Crippen LogP contribution is -2.40. The van der Waals surface area contributed by atoms with Gasteiger partial charge in [0.15, 0.2) is 0 Å². The smallest absolute Gasteiger partial charge is 0.256 e. The Labute approximate surface area is 180 Å². The third-order valence-corrected chi connectivity index (χ3v) is 8.62. The third-order valence-electron chi connectivity index (χ3n) is 5.55. The molecule has 158 valence electrons. The van der Waals surface area contributed by atoms with E-state index < -0.39 is 15.9 Å². The molecule has 2 heterocycles. The molecule has 1 aliphatic heterocycles. The van der Waals surface area contributed by atoms with Crippen molar-refractivity contribution in [3.05, 3.63) is 45.8 Å².